The molecule has 2 aliphatic rings. The Morgan fingerprint density at radius 3 is 2.70 bits per heavy atom. The van der Waals surface area contributed by atoms with E-state index in [1.165, 1.54) is 0 Å². The summed E-state index contributed by atoms with van der Waals surface area (Å²) >= 11 is 12.9. The Labute approximate surface area is 146 Å². The van der Waals surface area contributed by atoms with Crippen molar-refractivity contribution in [3.8, 4) is 5.75 Å². The summed E-state index contributed by atoms with van der Waals surface area (Å²) in [5.74, 6) is 1.60. The molecule has 0 saturated carbocycles. The SMILES string of the molecule is COc1ccccc1[C@@H]1Nc2c(Cl)ccc(Cl)c2[C@H]2C=CC[C@H]21. The van der Waals surface area contributed by atoms with Crippen LogP contribution in [0.15, 0.2) is 48.6 Å². The van der Waals surface area contributed by atoms with Crippen LogP contribution in [0, 0.1) is 5.92 Å². The normalized spacial score (nSPS) is 24.7. The molecular weight excluding hydrogens is 329 g/mol. The molecule has 0 amide bonds. The monoisotopic (exact) mass is 345 g/mol. The average Bonchev–Trinajstić information content (AvgIpc) is 3.06. The van der Waals surface area contributed by atoms with Gasteiger partial charge in [0.05, 0.1) is 23.9 Å². The summed E-state index contributed by atoms with van der Waals surface area (Å²) in [5, 5.41) is 5.12. The molecule has 2 aromatic rings. The van der Waals surface area contributed by atoms with Gasteiger partial charge in [0.15, 0.2) is 0 Å². The number of hydrogen-bond donors (Lipinski definition) is 1. The molecule has 0 radical (unpaired) electrons. The second kappa shape index (κ2) is 5.77. The Morgan fingerprint density at radius 2 is 1.87 bits per heavy atom. The number of hydrogen-bond acceptors (Lipinski definition) is 2. The second-order valence-electron chi connectivity index (χ2n) is 6.04. The molecule has 1 aliphatic heterocycles. The van der Waals surface area contributed by atoms with Crippen molar-refractivity contribution in [3.05, 3.63) is 69.7 Å². The van der Waals surface area contributed by atoms with Crippen molar-refractivity contribution in [2.75, 3.05) is 12.4 Å². The van der Waals surface area contributed by atoms with E-state index in [2.05, 4.69) is 23.5 Å². The number of allylic oxidation sites excluding steroid dienone is 2. The molecule has 4 rings (SSSR count). The van der Waals surface area contributed by atoms with E-state index in [1.807, 2.05) is 30.3 Å². The molecule has 1 heterocycles. The summed E-state index contributed by atoms with van der Waals surface area (Å²) < 4.78 is 5.57. The summed E-state index contributed by atoms with van der Waals surface area (Å²) in [5.41, 5.74) is 3.22. The van der Waals surface area contributed by atoms with E-state index >= 15 is 0 Å². The van der Waals surface area contributed by atoms with Crippen LogP contribution in [0.2, 0.25) is 10.0 Å². The van der Waals surface area contributed by atoms with E-state index in [9.17, 15) is 0 Å². The minimum Gasteiger partial charge on any atom is -0.496 e. The van der Waals surface area contributed by atoms with E-state index in [-0.39, 0.29) is 12.0 Å². The van der Waals surface area contributed by atoms with Crippen molar-refractivity contribution in [3.63, 3.8) is 0 Å². The van der Waals surface area contributed by atoms with Gasteiger partial charge in [0, 0.05) is 22.1 Å². The highest BCUT2D eigenvalue weighted by molar-refractivity contribution is 6.36. The lowest BCUT2D eigenvalue weighted by Gasteiger charge is -2.38. The van der Waals surface area contributed by atoms with Crippen LogP contribution < -0.4 is 10.1 Å². The maximum Gasteiger partial charge on any atom is 0.124 e. The highest BCUT2D eigenvalue weighted by Crippen LogP contribution is 2.54. The zero-order valence-electron chi connectivity index (χ0n) is 12.7. The number of rotatable bonds is 2. The Hall–Kier alpha value is -1.64. The van der Waals surface area contributed by atoms with Gasteiger partial charge in [-0.3, -0.25) is 0 Å². The number of nitrogens with one attached hydrogen (secondary N) is 1. The first kappa shape index (κ1) is 14.9. The number of ether oxygens (including phenoxy) is 1. The third-order valence-corrected chi connectivity index (χ3v) is 5.53. The van der Waals surface area contributed by atoms with Crippen LogP contribution in [0.25, 0.3) is 0 Å². The quantitative estimate of drug-likeness (QED) is 0.691. The van der Waals surface area contributed by atoms with Gasteiger partial charge in [0.25, 0.3) is 0 Å². The predicted octanol–water partition coefficient (Wildman–Crippen LogP) is 5.83. The summed E-state index contributed by atoms with van der Waals surface area (Å²) in [7, 11) is 1.71. The van der Waals surface area contributed by atoms with E-state index in [0.717, 1.165) is 34.0 Å². The van der Waals surface area contributed by atoms with E-state index in [4.69, 9.17) is 27.9 Å². The first-order valence-electron chi connectivity index (χ1n) is 7.74. The smallest absolute Gasteiger partial charge is 0.124 e. The fraction of sp³-hybridized carbons (Fsp3) is 0.263. The van der Waals surface area contributed by atoms with Gasteiger partial charge in [0.1, 0.15) is 5.75 Å². The van der Waals surface area contributed by atoms with Gasteiger partial charge < -0.3 is 10.1 Å². The molecule has 118 valence electrons. The molecule has 3 atom stereocenters. The van der Waals surface area contributed by atoms with Gasteiger partial charge >= 0.3 is 0 Å². The molecule has 23 heavy (non-hydrogen) atoms. The van der Waals surface area contributed by atoms with Crippen LogP contribution in [0.3, 0.4) is 0 Å². The summed E-state index contributed by atoms with van der Waals surface area (Å²) in [4.78, 5) is 0. The van der Waals surface area contributed by atoms with Crippen LogP contribution in [0.1, 0.15) is 29.5 Å². The Balaban J connectivity index is 1.87. The van der Waals surface area contributed by atoms with Gasteiger partial charge in [-0.25, -0.2) is 0 Å². The topological polar surface area (TPSA) is 21.3 Å². The molecule has 0 saturated heterocycles. The molecule has 0 unspecified atom stereocenters. The van der Waals surface area contributed by atoms with Crippen molar-refractivity contribution in [2.45, 2.75) is 18.4 Å². The van der Waals surface area contributed by atoms with Gasteiger partial charge in [-0.2, -0.15) is 0 Å². The van der Waals surface area contributed by atoms with E-state index < -0.39 is 0 Å². The number of para-hydroxylation sites is 1. The Kier molecular flexibility index (Phi) is 3.74. The third kappa shape index (κ3) is 2.32. The highest BCUT2D eigenvalue weighted by atomic mass is 35.5. The predicted molar refractivity (Wildman–Crippen MR) is 95.8 cm³/mol. The first-order valence-corrected chi connectivity index (χ1v) is 8.50. The number of anilines is 1. The molecule has 1 N–H and O–H groups in total. The zero-order chi connectivity index (χ0) is 16.0. The minimum atomic E-state index is 0.148. The number of halogens is 2. The van der Waals surface area contributed by atoms with Crippen molar-refractivity contribution in [1.82, 2.24) is 0 Å². The molecule has 0 spiro atoms. The molecule has 0 fully saturated rings. The van der Waals surface area contributed by atoms with Gasteiger partial charge in [-0.1, -0.05) is 53.6 Å². The molecular formula is C19H17Cl2NO. The van der Waals surface area contributed by atoms with Gasteiger partial charge in [-0.15, -0.1) is 0 Å². The lowest BCUT2D eigenvalue weighted by molar-refractivity contribution is 0.381. The number of methoxy groups -OCH3 is 1. The lowest BCUT2D eigenvalue weighted by atomic mass is 9.77. The molecule has 2 nitrogen and oxygen atoms in total. The standard InChI is InChI=1S/C19H17Cl2NO/c1-23-16-8-3-2-5-13(16)18-12-7-4-6-11(12)17-14(20)9-10-15(21)19(17)22-18/h2-6,8-12,18,22H,7H2,1H3/t11-,12+,18+/m0/s1. The largest absolute Gasteiger partial charge is 0.496 e. The fourth-order valence-corrected chi connectivity index (χ4v) is 4.36. The third-order valence-electron chi connectivity index (χ3n) is 4.89. The highest BCUT2D eigenvalue weighted by Gasteiger charge is 2.40. The second-order valence-corrected chi connectivity index (χ2v) is 6.85. The van der Waals surface area contributed by atoms with Crippen molar-refractivity contribution >= 4 is 28.9 Å². The van der Waals surface area contributed by atoms with Crippen LogP contribution in [-0.4, -0.2) is 7.11 Å². The van der Waals surface area contributed by atoms with Gasteiger partial charge in [0.2, 0.25) is 0 Å². The molecule has 0 bridgehead atoms. The lowest BCUT2D eigenvalue weighted by Crippen LogP contribution is -2.29. The average molecular weight is 346 g/mol. The molecule has 1 aliphatic carbocycles. The molecule has 2 aromatic carbocycles. The van der Waals surface area contributed by atoms with Crippen LogP contribution >= 0.6 is 23.2 Å². The van der Waals surface area contributed by atoms with E-state index in [1.54, 1.807) is 7.11 Å². The maximum atomic E-state index is 6.48. The molecule has 4 heteroatoms. The Bertz CT molecular complexity index is 787. The summed E-state index contributed by atoms with van der Waals surface area (Å²) in [6.07, 6.45) is 5.52. The number of fused-ring (bicyclic) bond motifs is 3. The van der Waals surface area contributed by atoms with Crippen molar-refractivity contribution < 1.29 is 4.74 Å². The summed E-state index contributed by atoms with van der Waals surface area (Å²) in [6.45, 7) is 0. The van der Waals surface area contributed by atoms with Crippen LogP contribution in [-0.2, 0) is 0 Å². The van der Waals surface area contributed by atoms with Crippen molar-refractivity contribution in [2.24, 2.45) is 5.92 Å². The maximum absolute atomic E-state index is 6.48. The Morgan fingerprint density at radius 1 is 1.09 bits per heavy atom. The first-order chi connectivity index (χ1) is 11.2. The zero-order valence-corrected chi connectivity index (χ0v) is 14.2. The van der Waals surface area contributed by atoms with Crippen molar-refractivity contribution in [1.29, 1.82) is 0 Å². The fourth-order valence-electron chi connectivity index (χ4n) is 3.86. The molecule has 0 aromatic heterocycles. The van der Waals surface area contributed by atoms with Crippen LogP contribution in [0.4, 0.5) is 5.69 Å². The van der Waals surface area contributed by atoms with Gasteiger partial charge in [-0.05, 0) is 30.5 Å². The summed E-state index contributed by atoms with van der Waals surface area (Å²) in [6, 6.07) is 12.1. The van der Waals surface area contributed by atoms with Crippen LogP contribution in [0.5, 0.6) is 5.75 Å². The number of benzene rings is 2. The minimum absolute atomic E-state index is 0.148. The van der Waals surface area contributed by atoms with E-state index in [0.29, 0.717) is 10.9 Å².